The van der Waals surface area contributed by atoms with Crippen molar-refractivity contribution in [3.05, 3.63) is 47.1 Å². The Hall–Kier alpha value is -2.48. The molecule has 1 amide bonds. The number of alkyl halides is 3. The number of carbonyl (C=O) groups is 1. The third-order valence-electron chi connectivity index (χ3n) is 2.85. The number of aromatic nitrogens is 1. The molecule has 0 unspecified atom stereocenters. The monoisotopic (exact) mass is 388 g/mol. The third kappa shape index (κ3) is 5.80. The maximum absolute atomic E-state index is 12.6. The zero-order valence-electron chi connectivity index (χ0n) is 14.1. The average Bonchev–Trinajstić information content (AvgIpc) is 2.48. The fourth-order valence-corrected chi connectivity index (χ4v) is 2.00. The summed E-state index contributed by atoms with van der Waals surface area (Å²) in [5.41, 5.74) is -1.14. The number of rotatable bonds is 3. The first-order valence-electron chi connectivity index (χ1n) is 7.45. The second-order valence-corrected chi connectivity index (χ2v) is 6.67. The molecule has 2 rings (SSSR count). The summed E-state index contributed by atoms with van der Waals surface area (Å²) in [6.07, 6.45) is -4.51. The van der Waals surface area contributed by atoms with Crippen LogP contribution in [-0.2, 0) is 10.9 Å². The van der Waals surface area contributed by atoms with E-state index >= 15 is 0 Å². The molecule has 9 heteroatoms. The molecule has 0 saturated carbocycles. The highest BCUT2D eigenvalue weighted by Gasteiger charge is 2.31. The molecule has 0 fully saturated rings. The summed E-state index contributed by atoms with van der Waals surface area (Å²) in [4.78, 5) is 15.3. The SMILES string of the molecule is CC(C)(C)OC(=O)Nc1ccc(Oc2ncc(C(F)(F)F)cc2Cl)cc1. The van der Waals surface area contributed by atoms with Gasteiger partial charge in [-0.2, -0.15) is 13.2 Å². The Kier molecular flexibility index (Phi) is 5.65. The summed E-state index contributed by atoms with van der Waals surface area (Å²) in [6, 6.07) is 6.82. The quantitative estimate of drug-likeness (QED) is 0.711. The van der Waals surface area contributed by atoms with E-state index in [0.29, 0.717) is 11.9 Å². The Balaban J connectivity index is 2.04. The Morgan fingerprint density at radius 2 is 1.77 bits per heavy atom. The lowest BCUT2D eigenvalue weighted by Crippen LogP contribution is -2.27. The molecule has 0 bridgehead atoms. The molecule has 1 aromatic carbocycles. The maximum Gasteiger partial charge on any atom is 0.417 e. The number of carbonyl (C=O) groups excluding carboxylic acids is 1. The summed E-state index contributed by atoms with van der Waals surface area (Å²) in [5, 5.41) is 2.27. The highest BCUT2D eigenvalue weighted by Crippen LogP contribution is 2.34. The zero-order chi connectivity index (χ0) is 19.5. The van der Waals surface area contributed by atoms with Gasteiger partial charge in [-0.15, -0.1) is 0 Å². The van der Waals surface area contributed by atoms with E-state index in [-0.39, 0.29) is 16.7 Å². The maximum atomic E-state index is 12.6. The predicted molar refractivity (Wildman–Crippen MR) is 90.6 cm³/mol. The molecule has 0 spiro atoms. The normalized spacial score (nSPS) is 11.8. The number of amides is 1. The molecule has 0 saturated heterocycles. The fourth-order valence-electron chi connectivity index (χ4n) is 1.79. The van der Waals surface area contributed by atoms with Crippen LogP contribution in [0.25, 0.3) is 0 Å². The molecule has 5 nitrogen and oxygen atoms in total. The number of nitrogens with zero attached hydrogens (tertiary/aromatic N) is 1. The minimum absolute atomic E-state index is 0.160. The first kappa shape index (κ1) is 19.8. The van der Waals surface area contributed by atoms with Crippen molar-refractivity contribution in [2.24, 2.45) is 0 Å². The van der Waals surface area contributed by atoms with Crippen LogP contribution in [0.5, 0.6) is 11.6 Å². The van der Waals surface area contributed by atoms with Gasteiger partial charge in [0.1, 0.15) is 16.4 Å². The number of benzene rings is 1. The van der Waals surface area contributed by atoms with Crippen molar-refractivity contribution >= 4 is 23.4 Å². The van der Waals surface area contributed by atoms with Crippen LogP contribution in [0.2, 0.25) is 5.02 Å². The van der Waals surface area contributed by atoms with Gasteiger partial charge in [0.2, 0.25) is 5.88 Å². The van der Waals surface area contributed by atoms with Gasteiger partial charge in [-0.1, -0.05) is 11.6 Å². The Labute approximate surface area is 153 Å². The highest BCUT2D eigenvalue weighted by atomic mass is 35.5. The number of nitrogens with one attached hydrogen (secondary N) is 1. The van der Waals surface area contributed by atoms with E-state index in [4.69, 9.17) is 21.1 Å². The van der Waals surface area contributed by atoms with Crippen LogP contribution in [0.4, 0.5) is 23.7 Å². The second kappa shape index (κ2) is 7.41. The molecule has 1 heterocycles. The third-order valence-corrected chi connectivity index (χ3v) is 3.12. The molecule has 1 aromatic heterocycles. The van der Waals surface area contributed by atoms with Gasteiger partial charge in [0.15, 0.2) is 0 Å². The molecule has 0 aliphatic rings. The van der Waals surface area contributed by atoms with Gasteiger partial charge in [0.05, 0.1) is 5.56 Å². The van der Waals surface area contributed by atoms with E-state index in [1.807, 2.05) is 0 Å². The summed E-state index contributed by atoms with van der Waals surface area (Å²) >= 11 is 5.79. The van der Waals surface area contributed by atoms with E-state index < -0.39 is 23.4 Å². The van der Waals surface area contributed by atoms with Gasteiger partial charge in [-0.05, 0) is 51.1 Å². The van der Waals surface area contributed by atoms with Crippen molar-refractivity contribution in [3.63, 3.8) is 0 Å². The van der Waals surface area contributed by atoms with Crippen LogP contribution in [0.1, 0.15) is 26.3 Å². The predicted octanol–water partition coefficient (Wildman–Crippen LogP) is 5.89. The molecule has 0 radical (unpaired) electrons. The van der Waals surface area contributed by atoms with Gasteiger partial charge in [-0.3, -0.25) is 5.32 Å². The zero-order valence-corrected chi connectivity index (χ0v) is 14.9. The molecular weight excluding hydrogens is 373 g/mol. The summed E-state index contributed by atoms with van der Waals surface area (Å²) in [7, 11) is 0. The van der Waals surface area contributed by atoms with E-state index in [0.717, 1.165) is 6.07 Å². The van der Waals surface area contributed by atoms with Crippen molar-refractivity contribution in [1.82, 2.24) is 4.98 Å². The second-order valence-electron chi connectivity index (χ2n) is 6.26. The van der Waals surface area contributed by atoms with Crippen molar-refractivity contribution < 1.29 is 27.4 Å². The molecule has 0 atom stereocenters. The molecule has 140 valence electrons. The highest BCUT2D eigenvalue weighted by molar-refractivity contribution is 6.31. The van der Waals surface area contributed by atoms with Crippen LogP contribution in [0.15, 0.2) is 36.5 Å². The van der Waals surface area contributed by atoms with E-state index in [1.165, 1.54) is 24.3 Å². The van der Waals surface area contributed by atoms with Crippen LogP contribution in [-0.4, -0.2) is 16.7 Å². The van der Waals surface area contributed by atoms with Crippen molar-refractivity contribution in [2.45, 2.75) is 32.5 Å². The molecule has 1 N–H and O–H groups in total. The minimum atomic E-state index is -4.54. The largest absolute Gasteiger partial charge is 0.444 e. The number of halogens is 4. The first-order chi connectivity index (χ1) is 11.9. The number of hydrogen-bond donors (Lipinski definition) is 1. The first-order valence-corrected chi connectivity index (χ1v) is 7.82. The lowest BCUT2D eigenvalue weighted by molar-refractivity contribution is -0.137. The number of ether oxygens (including phenoxy) is 2. The number of anilines is 1. The van der Waals surface area contributed by atoms with Crippen LogP contribution in [0, 0.1) is 0 Å². The lowest BCUT2D eigenvalue weighted by atomic mass is 10.2. The number of hydrogen-bond acceptors (Lipinski definition) is 4. The summed E-state index contributed by atoms with van der Waals surface area (Å²) in [5.74, 6) is 0.126. The molecule has 0 aliphatic carbocycles. The standard InChI is InChI=1S/C17H16ClF3N2O3/c1-16(2,3)26-15(24)23-11-4-6-12(7-5-11)25-14-13(18)8-10(9-22-14)17(19,20)21/h4-9H,1-3H3,(H,23,24). The van der Waals surface area contributed by atoms with Crippen molar-refractivity contribution in [3.8, 4) is 11.6 Å². The van der Waals surface area contributed by atoms with Crippen molar-refractivity contribution in [2.75, 3.05) is 5.32 Å². The Morgan fingerprint density at radius 1 is 1.15 bits per heavy atom. The van der Waals surface area contributed by atoms with Gasteiger partial charge in [0, 0.05) is 11.9 Å². The van der Waals surface area contributed by atoms with Gasteiger partial charge < -0.3 is 9.47 Å². The van der Waals surface area contributed by atoms with Crippen LogP contribution in [0.3, 0.4) is 0 Å². The average molecular weight is 389 g/mol. The summed E-state index contributed by atoms with van der Waals surface area (Å²) < 4.78 is 48.3. The fraction of sp³-hybridized carbons (Fsp3) is 0.294. The van der Waals surface area contributed by atoms with Crippen molar-refractivity contribution in [1.29, 1.82) is 0 Å². The summed E-state index contributed by atoms with van der Waals surface area (Å²) in [6.45, 7) is 5.22. The Morgan fingerprint density at radius 3 is 2.27 bits per heavy atom. The molecular formula is C17H16ClF3N2O3. The van der Waals surface area contributed by atoms with Crippen LogP contribution < -0.4 is 10.1 Å². The van der Waals surface area contributed by atoms with E-state index in [2.05, 4.69) is 10.3 Å². The minimum Gasteiger partial charge on any atom is -0.444 e. The molecule has 0 aliphatic heterocycles. The van der Waals surface area contributed by atoms with E-state index in [9.17, 15) is 18.0 Å². The van der Waals surface area contributed by atoms with Gasteiger partial charge in [0.25, 0.3) is 0 Å². The van der Waals surface area contributed by atoms with Gasteiger partial charge in [-0.25, -0.2) is 9.78 Å². The number of pyridine rings is 1. The smallest absolute Gasteiger partial charge is 0.417 e. The topological polar surface area (TPSA) is 60.5 Å². The Bertz CT molecular complexity index is 787. The van der Waals surface area contributed by atoms with Crippen LogP contribution >= 0.6 is 11.6 Å². The van der Waals surface area contributed by atoms with Gasteiger partial charge >= 0.3 is 12.3 Å². The lowest BCUT2D eigenvalue weighted by Gasteiger charge is -2.19. The molecule has 26 heavy (non-hydrogen) atoms. The van der Waals surface area contributed by atoms with E-state index in [1.54, 1.807) is 20.8 Å². The molecule has 2 aromatic rings.